The topological polar surface area (TPSA) is 23.6 Å². The van der Waals surface area contributed by atoms with E-state index in [0.717, 1.165) is 44.6 Å². The molecule has 0 unspecified atom stereocenters. The van der Waals surface area contributed by atoms with Gasteiger partial charge in [0.2, 0.25) is 5.91 Å². The van der Waals surface area contributed by atoms with Crippen LogP contribution in [0.4, 0.5) is 5.69 Å². The van der Waals surface area contributed by atoms with Crippen molar-refractivity contribution >= 4 is 23.2 Å². The minimum Gasteiger partial charge on any atom is -0.308 e. The highest BCUT2D eigenvalue weighted by Gasteiger charge is 2.29. The first-order valence-electron chi connectivity index (χ1n) is 9.52. The molecule has 0 N–H and O–H groups in total. The summed E-state index contributed by atoms with van der Waals surface area (Å²) in [6, 6.07) is 18.5. The van der Waals surface area contributed by atoms with Crippen LogP contribution in [0.2, 0.25) is 5.02 Å². The van der Waals surface area contributed by atoms with Crippen molar-refractivity contribution < 1.29 is 4.79 Å². The number of hydrogen-bond donors (Lipinski definition) is 0. The number of anilines is 1. The lowest BCUT2D eigenvalue weighted by molar-refractivity contribution is -0.119. The molecule has 0 aromatic heterocycles. The molecule has 138 valence electrons. The summed E-state index contributed by atoms with van der Waals surface area (Å²) in [4.78, 5) is 17.1. The molecular formula is C22H27ClN2O. The highest BCUT2D eigenvalue weighted by molar-refractivity contribution is 6.33. The Morgan fingerprint density at radius 2 is 1.73 bits per heavy atom. The van der Waals surface area contributed by atoms with Crippen molar-refractivity contribution in [2.45, 2.75) is 38.6 Å². The van der Waals surface area contributed by atoms with Gasteiger partial charge in [-0.1, -0.05) is 61.0 Å². The molecule has 0 aliphatic carbocycles. The normalized spacial score (nSPS) is 15.8. The first-order valence-corrected chi connectivity index (χ1v) is 9.89. The third-order valence-electron chi connectivity index (χ3n) is 5.16. The number of benzene rings is 2. The summed E-state index contributed by atoms with van der Waals surface area (Å²) in [5, 5.41) is 0.654. The number of halogens is 1. The van der Waals surface area contributed by atoms with Gasteiger partial charge in [0.05, 0.1) is 10.7 Å². The maximum absolute atomic E-state index is 12.6. The Morgan fingerprint density at radius 1 is 1.08 bits per heavy atom. The molecule has 3 nitrogen and oxygen atoms in total. The van der Waals surface area contributed by atoms with E-state index >= 15 is 0 Å². The zero-order valence-electron chi connectivity index (χ0n) is 15.4. The van der Waals surface area contributed by atoms with Crippen LogP contribution in [0, 0.1) is 0 Å². The fourth-order valence-electron chi connectivity index (χ4n) is 3.69. The monoisotopic (exact) mass is 370 g/mol. The van der Waals surface area contributed by atoms with Crippen molar-refractivity contribution in [3.63, 3.8) is 0 Å². The quantitative estimate of drug-likeness (QED) is 0.729. The van der Waals surface area contributed by atoms with Gasteiger partial charge in [-0.3, -0.25) is 4.79 Å². The Balaban J connectivity index is 1.61. The van der Waals surface area contributed by atoms with Crippen molar-refractivity contribution in [1.29, 1.82) is 0 Å². The molecule has 2 aromatic rings. The second kappa shape index (κ2) is 9.20. The number of amides is 1. The summed E-state index contributed by atoms with van der Waals surface area (Å²) in [5.41, 5.74) is 2.23. The van der Waals surface area contributed by atoms with Gasteiger partial charge in [-0.2, -0.15) is 0 Å². The predicted octanol–water partition coefficient (Wildman–Crippen LogP) is 4.79. The number of rotatable bonds is 6. The SMILES string of the molecule is CCC(=O)N(c1ccccc1Cl)C1CCN(CCc2ccccc2)CC1. The average Bonchev–Trinajstić information content (AvgIpc) is 2.69. The Hall–Kier alpha value is -1.84. The number of hydrogen-bond acceptors (Lipinski definition) is 2. The van der Waals surface area contributed by atoms with Crippen LogP contribution in [-0.4, -0.2) is 36.5 Å². The standard InChI is InChI=1S/C22H27ClN2O/c1-2-22(26)25(21-11-7-6-10-20(21)23)19-13-16-24(17-14-19)15-12-18-8-4-3-5-9-18/h3-11,19H,2,12-17H2,1H3. The van der Waals surface area contributed by atoms with Crippen LogP contribution < -0.4 is 4.90 Å². The first kappa shape index (κ1) is 18.9. The van der Waals surface area contributed by atoms with Gasteiger partial charge in [-0.15, -0.1) is 0 Å². The molecule has 1 aliphatic rings. The maximum Gasteiger partial charge on any atom is 0.227 e. The summed E-state index contributed by atoms with van der Waals surface area (Å²) >= 11 is 6.38. The molecule has 1 aliphatic heterocycles. The summed E-state index contributed by atoms with van der Waals surface area (Å²) in [7, 11) is 0. The van der Waals surface area contributed by atoms with Gasteiger partial charge in [0.1, 0.15) is 0 Å². The molecule has 0 bridgehead atoms. The molecule has 1 fully saturated rings. The Morgan fingerprint density at radius 3 is 2.38 bits per heavy atom. The number of piperidine rings is 1. The molecule has 2 aromatic carbocycles. The molecule has 0 spiro atoms. The highest BCUT2D eigenvalue weighted by atomic mass is 35.5. The molecule has 1 saturated heterocycles. The van der Waals surface area contributed by atoms with Gasteiger partial charge in [-0.25, -0.2) is 0 Å². The zero-order chi connectivity index (χ0) is 18.4. The fourth-order valence-corrected chi connectivity index (χ4v) is 3.91. The van der Waals surface area contributed by atoms with Crippen molar-refractivity contribution in [1.82, 2.24) is 4.90 Å². The molecule has 3 rings (SSSR count). The molecule has 0 atom stereocenters. The Labute approximate surface area is 161 Å². The Bertz CT molecular complexity index is 711. The number of likely N-dealkylation sites (tertiary alicyclic amines) is 1. The molecule has 4 heteroatoms. The number of carbonyl (C=O) groups excluding carboxylic acids is 1. The van der Waals surface area contributed by atoms with Crippen LogP contribution in [0.1, 0.15) is 31.7 Å². The summed E-state index contributed by atoms with van der Waals surface area (Å²) in [5.74, 6) is 0.154. The second-order valence-electron chi connectivity index (χ2n) is 6.88. The van der Waals surface area contributed by atoms with Gasteiger partial charge >= 0.3 is 0 Å². The van der Waals surface area contributed by atoms with Crippen molar-refractivity contribution in [3.8, 4) is 0 Å². The van der Waals surface area contributed by atoms with Gasteiger partial charge < -0.3 is 9.80 Å². The van der Waals surface area contributed by atoms with E-state index in [1.54, 1.807) is 0 Å². The average molecular weight is 371 g/mol. The minimum atomic E-state index is 0.154. The number of para-hydroxylation sites is 1. The minimum absolute atomic E-state index is 0.154. The number of nitrogens with zero attached hydrogens (tertiary/aromatic N) is 2. The summed E-state index contributed by atoms with van der Waals surface area (Å²) in [6.07, 6.45) is 3.56. The van der Waals surface area contributed by atoms with Crippen LogP contribution >= 0.6 is 11.6 Å². The lowest BCUT2D eigenvalue weighted by Gasteiger charge is -2.39. The molecule has 26 heavy (non-hydrogen) atoms. The van der Waals surface area contributed by atoms with Gasteiger partial charge in [0.25, 0.3) is 0 Å². The van der Waals surface area contributed by atoms with Gasteiger partial charge in [-0.05, 0) is 37.0 Å². The largest absolute Gasteiger partial charge is 0.308 e. The zero-order valence-corrected chi connectivity index (χ0v) is 16.2. The van der Waals surface area contributed by atoms with Crippen LogP contribution in [0.5, 0.6) is 0 Å². The van der Waals surface area contributed by atoms with E-state index in [2.05, 4.69) is 35.2 Å². The van der Waals surface area contributed by atoms with E-state index in [0.29, 0.717) is 11.4 Å². The van der Waals surface area contributed by atoms with E-state index in [1.807, 2.05) is 36.1 Å². The van der Waals surface area contributed by atoms with Gasteiger partial charge in [0.15, 0.2) is 0 Å². The number of carbonyl (C=O) groups is 1. The van der Waals surface area contributed by atoms with Crippen LogP contribution in [0.25, 0.3) is 0 Å². The van der Waals surface area contributed by atoms with Crippen LogP contribution in [0.3, 0.4) is 0 Å². The maximum atomic E-state index is 12.6. The summed E-state index contributed by atoms with van der Waals surface area (Å²) in [6.45, 7) is 5.04. The summed E-state index contributed by atoms with van der Waals surface area (Å²) < 4.78 is 0. The fraction of sp³-hybridized carbons (Fsp3) is 0.409. The lowest BCUT2D eigenvalue weighted by atomic mass is 10.0. The third kappa shape index (κ3) is 4.66. The van der Waals surface area contributed by atoms with Crippen molar-refractivity contribution in [2.75, 3.05) is 24.5 Å². The molecule has 1 amide bonds. The molecule has 1 heterocycles. The highest BCUT2D eigenvalue weighted by Crippen LogP contribution is 2.30. The first-order chi connectivity index (χ1) is 12.7. The molecule has 0 saturated carbocycles. The van der Waals surface area contributed by atoms with E-state index in [9.17, 15) is 4.79 Å². The molecular weight excluding hydrogens is 344 g/mol. The van der Waals surface area contributed by atoms with E-state index in [1.165, 1.54) is 5.56 Å². The lowest BCUT2D eigenvalue weighted by Crippen LogP contribution is -2.48. The second-order valence-corrected chi connectivity index (χ2v) is 7.28. The Kier molecular flexibility index (Phi) is 6.70. The van der Waals surface area contributed by atoms with E-state index < -0.39 is 0 Å². The molecule has 0 radical (unpaired) electrons. The van der Waals surface area contributed by atoms with E-state index in [4.69, 9.17) is 11.6 Å². The smallest absolute Gasteiger partial charge is 0.227 e. The van der Waals surface area contributed by atoms with E-state index in [-0.39, 0.29) is 11.9 Å². The van der Waals surface area contributed by atoms with Crippen molar-refractivity contribution in [3.05, 3.63) is 65.2 Å². The van der Waals surface area contributed by atoms with Crippen molar-refractivity contribution in [2.24, 2.45) is 0 Å². The third-order valence-corrected chi connectivity index (χ3v) is 5.48. The van der Waals surface area contributed by atoms with Crippen LogP contribution in [0.15, 0.2) is 54.6 Å². The van der Waals surface area contributed by atoms with Gasteiger partial charge in [0, 0.05) is 32.1 Å². The van der Waals surface area contributed by atoms with Crippen LogP contribution in [-0.2, 0) is 11.2 Å². The predicted molar refractivity (Wildman–Crippen MR) is 109 cm³/mol.